The molecule has 1 aromatic heterocycles. The molecule has 8 heteroatoms. The van der Waals surface area contributed by atoms with Gasteiger partial charge in [0.1, 0.15) is 0 Å². The van der Waals surface area contributed by atoms with Crippen LogP contribution in [0.25, 0.3) is 0 Å². The van der Waals surface area contributed by atoms with Crippen LogP contribution in [0.1, 0.15) is 12.1 Å². The maximum atomic E-state index is 11.4. The van der Waals surface area contributed by atoms with Crippen LogP contribution >= 0.6 is 0 Å². The van der Waals surface area contributed by atoms with Gasteiger partial charge in [0.2, 0.25) is 5.91 Å². The van der Waals surface area contributed by atoms with E-state index in [1.54, 1.807) is 0 Å². The summed E-state index contributed by atoms with van der Waals surface area (Å²) in [6, 6.07) is -1.02. The number of aliphatic hydroxyl groups excluding tert-OH is 1. The molecule has 0 aromatic carbocycles. The van der Waals surface area contributed by atoms with Crippen molar-refractivity contribution >= 4 is 11.9 Å². The number of rotatable bonds is 6. The van der Waals surface area contributed by atoms with E-state index in [0.717, 1.165) is 0 Å². The van der Waals surface area contributed by atoms with Crippen LogP contribution in [-0.2, 0) is 20.7 Å². The Morgan fingerprint density at radius 2 is 2.41 bits per heavy atom. The third kappa shape index (κ3) is 4.19. The number of aromatic amines is 1. The number of nitrogens with one attached hydrogen (secondary N) is 2. The van der Waals surface area contributed by atoms with Crippen LogP contribution in [0, 0.1) is 0 Å². The molecule has 0 saturated carbocycles. The van der Waals surface area contributed by atoms with Crippen molar-refractivity contribution in [3.8, 4) is 0 Å². The molecule has 94 valence electrons. The van der Waals surface area contributed by atoms with Gasteiger partial charge in [0.05, 0.1) is 25.6 Å². The quantitative estimate of drug-likeness (QED) is 0.516. The molecule has 0 aliphatic rings. The molecule has 0 aliphatic carbocycles. The fraction of sp³-hybridized carbons (Fsp3) is 0.556. The van der Waals surface area contributed by atoms with E-state index >= 15 is 0 Å². The summed E-state index contributed by atoms with van der Waals surface area (Å²) >= 11 is 0. The third-order valence-electron chi connectivity index (χ3n) is 2.08. The Balaban J connectivity index is 2.35. The number of hydrogen-bond acceptors (Lipinski definition) is 6. The summed E-state index contributed by atoms with van der Waals surface area (Å²) in [6.45, 7) is -0.498. The number of aryl methyl sites for hydroxylation is 1. The molecular weight excluding hydrogens is 228 g/mol. The number of H-pyrrole nitrogens is 1. The maximum absolute atomic E-state index is 11.4. The highest BCUT2D eigenvalue weighted by atomic mass is 16.5. The lowest BCUT2D eigenvalue weighted by Crippen LogP contribution is -2.44. The molecule has 0 saturated heterocycles. The summed E-state index contributed by atoms with van der Waals surface area (Å²) in [4.78, 5) is 22.5. The average Bonchev–Trinajstić information content (AvgIpc) is 2.85. The standard InChI is InChI=1S/C9H14N4O4/c1-17-9(16)7(5-14)11-8(15)3-2-6-4-10-13-12-6/h4,7,14H,2-3,5H2,1H3,(H,11,15)(H,10,12,13). The lowest BCUT2D eigenvalue weighted by atomic mass is 10.2. The van der Waals surface area contributed by atoms with Crippen LogP contribution in [0.5, 0.6) is 0 Å². The number of esters is 1. The zero-order valence-corrected chi connectivity index (χ0v) is 9.34. The van der Waals surface area contributed by atoms with Gasteiger partial charge in [-0.1, -0.05) is 0 Å². The Morgan fingerprint density at radius 1 is 1.65 bits per heavy atom. The molecule has 1 rings (SSSR count). The third-order valence-corrected chi connectivity index (χ3v) is 2.08. The van der Waals surface area contributed by atoms with E-state index < -0.39 is 18.6 Å². The van der Waals surface area contributed by atoms with Gasteiger partial charge >= 0.3 is 5.97 Å². The highest BCUT2D eigenvalue weighted by Crippen LogP contribution is 1.96. The lowest BCUT2D eigenvalue weighted by Gasteiger charge is -2.13. The van der Waals surface area contributed by atoms with Gasteiger partial charge < -0.3 is 15.2 Å². The predicted molar refractivity (Wildman–Crippen MR) is 55.7 cm³/mol. The van der Waals surface area contributed by atoms with Gasteiger partial charge in [-0.3, -0.25) is 4.79 Å². The Kier molecular flexibility index (Phi) is 5.08. The molecule has 0 spiro atoms. The molecule has 1 amide bonds. The predicted octanol–water partition coefficient (Wildman–Crippen LogP) is -1.61. The molecule has 0 bridgehead atoms. The van der Waals surface area contributed by atoms with Gasteiger partial charge in [-0.15, -0.1) is 0 Å². The van der Waals surface area contributed by atoms with Gasteiger partial charge in [-0.05, 0) is 0 Å². The molecule has 1 aromatic rings. The summed E-state index contributed by atoms with van der Waals surface area (Å²) in [5.41, 5.74) is 0.652. The Labute approximate surface area is 97.4 Å². The van der Waals surface area contributed by atoms with Crippen molar-refractivity contribution in [1.82, 2.24) is 20.7 Å². The molecule has 8 nitrogen and oxygen atoms in total. The van der Waals surface area contributed by atoms with Crippen molar-refractivity contribution < 1.29 is 19.4 Å². The first-order valence-corrected chi connectivity index (χ1v) is 5.00. The molecule has 0 fully saturated rings. The number of methoxy groups -OCH3 is 1. The topological polar surface area (TPSA) is 117 Å². The fourth-order valence-electron chi connectivity index (χ4n) is 1.18. The summed E-state index contributed by atoms with van der Waals surface area (Å²) in [5, 5.41) is 21.0. The van der Waals surface area contributed by atoms with Gasteiger partial charge in [0.15, 0.2) is 6.04 Å². The molecule has 17 heavy (non-hydrogen) atoms. The van der Waals surface area contributed by atoms with Crippen LogP contribution in [0.3, 0.4) is 0 Å². The van der Waals surface area contributed by atoms with Gasteiger partial charge in [-0.2, -0.15) is 15.4 Å². The number of ether oxygens (including phenoxy) is 1. The second kappa shape index (κ2) is 6.59. The van der Waals surface area contributed by atoms with E-state index in [9.17, 15) is 9.59 Å². The molecule has 3 N–H and O–H groups in total. The maximum Gasteiger partial charge on any atom is 0.330 e. The number of amides is 1. The highest BCUT2D eigenvalue weighted by Gasteiger charge is 2.20. The molecule has 0 aliphatic heterocycles. The van der Waals surface area contributed by atoms with E-state index in [1.165, 1.54) is 13.3 Å². The molecular formula is C9H14N4O4. The number of aliphatic hydroxyl groups is 1. The van der Waals surface area contributed by atoms with Crippen LogP contribution in [0.2, 0.25) is 0 Å². The van der Waals surface area contributed by atoms with E-state index in [4.69, 9.17) is 5.11 Å². The summed E-state index contributed by atoms with van der Waals surface area (Å²) in [6.07, 6.45) is 2.07. The number of aromatic nitrogens is 3. The molecule has 1 unspecified atom stereocenters. The Hall–Kier alpha value is -1.96. The fourth-order valence-corrected chi connectivity index (χ4v) is 1.18. The van der Waals surface area contributed by atoms with Gasteiger partial charge in [0, 0.05) is 12.8 Å². The van der Waals surface area contributed by atoms with Crippen molar-refractivity contribution in [3.05, 3.63) is 11.9 Å². The second-order valence-electron chi connectivity index (χ2n) is 3.29. The smallest absolute Gasteiger partial charge is 0.330 e. The van der Waals surface area contributed by atoms with Crippen molar-refractivity contribution in [2.45, 2.75) is 18.9 Å². The molecule has 1 heterocycles. The number of hydrogen-bond donors (Lipinski definition) is 3. The van der Waals surface area contributed by atoms with Crippen molar-refractivity contribution in [1.29, 1.82) is 0 Å². The minimum Gasteiger partial charge on any atom is -0.467 e. The monoisotopic (exact) mass is 242 g/mol. The van der Waals surface area contributed by atoms with Crippen molar-refractivity contribution in [2.75, 3.05) is 13.7 Å². The highest BCUT2D eigenvalue weighted by molar-refractivity contribution is 5.84. The van der Waals surface area contributed by atoms with E-state index in [2.05, 4.69) is 25.5 Å². The second-order valence-corrected chi connectivity index (χ2v) is 3.29. The number of carbonyl (C=O) groups is 2. The summed E-state index contributed by atoms with van der Waals surface area (Å²) in [5.74, 6) is -1.04. The minimum atomic E-state index is -1.02. The first-order chi connectivity index (χ1) is 8.17. The zero-order chi connectivity index (χ0) is 12.7. The first-order valence-electron chi connectivity index (χ1n) is 5.00. The van der Waals surface area contributed by atoms with E-state index in [1.807, 2.05) is 0 Å². The largest absolute Gasteiger partial charge is 0.467 e. The van der Waals surface area contributed by atoms with Crippen molar-refractivity contribution in [2.24, 2.45) is 0 Å². The normalized spacial score (nSPS) is 11.9. The molecule has 1 atom stereocenters. The number of carbonyl (C=O) groups excluding carboxylic acids is 2. The number of nitrogens with zero attached hydrogens (tertiary/aromatic N) is 2. The van der Waals surface area contributed by atoms with Crippen LogP contribution in [0.4, 0.5) is 0 Å². The Morgan fingerprint density at radius 3 is 2.94 bits per heavy atom. The van der Waals surface area contributed by atoms with E-state index in [-0.39, 0.29) is 12.3 Å². The van der Waals surface area contributed by atoms with Crippen molar-refractivity contribution in [3.63, 3.8) is 0 Å². The van der Waals surface area contributed by atoms with Gasteiger partial charge in [-0.25, -0.2) is 4.79 Å². The van der Waals surface area contributed by atoms with Crippen LogP contribution in [-0.4, -0.2) is 52.2 Å². The van der Waals surface area contributed by atoms with Gasteiger partial charge in [0.25, 0.3) is 0 Å². The van der Waals surface area contributed by atoms with Crippen LogP contribution < -0.4 is 5.32 Å². The summed E-state index contributed by atoms with van der Waals surface area (Å²) < 4.78 is 4.41. The zero-order valence-electron chi connectivity index (χ0n) is 9.34. The average molecular weight is 242 g/mol. The minimum absolute atomic E-state index is 0.153. The summed E-state index contributed by atoms with van der Waals surface area (Å²) in [7, 11) is 1.19. The lowest BCUT2D eigenvalue weighted by molar-refractivity contribution is -0.146. The SMILES string of the molecule is COC(=O)C(CO)NC(=O)CCc1cn[nH]n1. The molecule has 0 radical (unpaired) electrons. The first kappa shape index (κ1) is 13.1. The van der Waals surface area contributed by atoms with Crippen LogP contribution in [0.15, 0.2) is 6.20 Å². The van der Waals surface area contributed by atoms with E-state index in [0.29, 0.717) is 12.1 Å². The Bertz CT molecular complexity index is 365.